The van der Waals surface area contributed by atoms with Gasteiger partial charge in [0, 0.05) is 47.6 Å². The molecule has 0 N–H and O–H groups in total. The van der Waals surface area contributed by atoms with E-state index in [-0.39, 0.29) is 20.2 Å². The predicted molar refractivity (Wildman–Crippen MR) is 182 cm³/mol. The van der Waals surface area contributed by atoms with Crippen LogP contribution in [0, 0.1) is 0 Å². The Hall–Kier alpha value is -5.65. The molecule has 0 amide bonds. The molecule has 4 nitrogen and oxygen atoms in total. The first kappa shape index (κ1) is 11.1. The van der Waals surface area contributed by atoms with Gasteiger partial charge < -0.3 is 4.42 Å². The summed E-state index contributed by atoms with van der Waals surface area (Å²) in [6, 6.07) is -17.4. The Morgan fingerprint density at radius 3 is 1.82 bits per heavy atom. The molecule has 0 fully saturated rings. The number of rotatable bonds is 4. The summed E-state index contributed by atoms with van der Waals surface area (Å²) in [6.45, 7) is 0. The van der Waals surface area contributed by atoms with Crippen LogP contribution >= 0.6 is 11.3 Å². The number of fused-ring (bicyclic) bond motifs is 6. The maximum absolute atomic E-state index is 9.58. The van der Waals surface area contributed by atoms with E-state index in [0.717, 1.165) is 0 Å². The van der Waals surface area contributed by atoms with Crippen molar-refractivity contribution >= 4 is 53.4 Å². The summed E-state index contributed by atoms with van der Waals surface area (Å²) in [5, 5.41) is -1.28. The number of thiophene rings is 1. The first-order chi connectivity index (χ1) is 31.4. The molecule has 0 spiro atoms. The van der Waals surface area contributed by atoms with Crippen LogP contribution in [-0.2, 0) is 0 Å². The van der Waals surface area contributed by atoms with Crippen LogP contribution < -0.4 is 0 Å². The highest BCUT2D eigenvalue weighted by atomic mass is 32.1. The van der Waals surface area contributed by atoms with Crippen LogP contribution in [0.15, 0.2) is 143 Å². The maximum Gasteiger partial charge on any atom is 0.165 e. The summed E-state index contributed by atoms with van der Waals surface area (Å²) >= 11 is 0.697. The Morgan fingerprint density at radius 1 is 0.455 bits per heavy atom. The molecule has 6 aromatic carbocycles. The van der Waals surface area contributed by atoms with Gasteiger partial charge in [-0.15, -0.1) is 11.3 Å². The van der Waals surface area contributed by atoms with Crippen molar-refractivity contribution in [3.05, 3.63) is 139 Å². The Morgan fingerprint density at radius 2 is 1.05 bits per heavy atom. The molecule has 0 saturated heterocycles. The first-order valence-electron chi connectivity index (χ1n) is 24.2. The minimum Gasteiger partial charge on any atom is -0.456 e. The molecule has 0 unspecified atom stereocenters. The molecule has 0 saturated carbocycles. The van der Waals surface area contributed by atoms with E-state index in [4.69, 9.17) is 31.8 Å². The van der Waals surface area contributed by atoms with Gasteiger partial charge in [0.15, 0.2) is 17.5 Å². The fraction of sp³-hybridized carbons (Fsp3) is 0. The zero-order valence-corrected chi connectivity index (χ0v) is 22.5. The average Bonchev–Trinajstić information content (AvgIpc) is 3.90. The van der Waals surface area contributed by atoms with Crippen LogP contribution in [0.3, 0.4) is 0 Å². The van der Waals surface area contributed by atoms with Gasteiger partial charge in [0.05, 0.1) is 31.5 Å². The lowest BCUT2D eigenvalue weighted by Crippen LogP contribution is -2.00. The lowest BCUT2D eigenvalue weighted by molar-refractivity contribution is 0.669. The second kappa shape index (κ2) is 9.97. The van der Waals surface area contributed by atoms with Crippen molar-refractivity contribution in [2.45, 2.75) is 0 Å². The molecule has 0 bridgehead atoms. The second-order valence-corrected chi connectivity index (χ2v) is 10.1. The zero-order valence-electron chi connectivity index (χ0n) is 44.7. The molecule has 0 atom stereocenters. The van der Waals surface area contributed by atoms with E-state index in [0.29, 0.717) is 11.3 Å². The molecule has 3 aromatic heterocycles. The van der Waals surface area contributed by atoms with Gasteiger partial charge in [-0.05, 0) is 53.4 Å². The first-order valence-corrected chi connectivity index (χ1v) is 13.5. The Bertz CT molecular complexity index is 3750. The fourth-order valence-corrected chi connectivity index (χ4v) is 5.63. The average molecular weight is 605 g/mol. The van der Waals surface area contributed by atoms with Gasteiger partial charge in [-0.3, -0.25) is 0 Å². The molecular formula is C39H23N3OS. The topological polar surface area (TPSA) is 51.8 Å². The molecule has 0 aliphatic rings. The van der Waals surface area contributed by atoms with E-state index < -0.39 is 206 Å². The third-order valence-corrected chi connectivity index (χ3v) is 7.63. The highest BCUT2D eigenvalue weighted by molar-refractivity contribution is 7.26. The lowest BCUT2D eigenvalue weighted by atomic mass is 10.0. The largest absolute Gasteiger partial charge is 0.456 e. The second-order valence-electron chi connectivity index (χ2n) is 9.08. The molecule has 3 heterocycles. The Kier molecular flexibility index (Phi) is 2.52. The van der Waals surface area contributed by atoms with E-state index >= 15 is 0 Å². The van der Waals surface area contributed by atoms with Crippen molar-refractivity contribution in [3.8, 4) is 45.3 Å². The maximum atomic E-state index is 9.58. The van der Waals surface area contributed by atoms with E-state index in [1.807, 2.05) is 0 Å². The standard InChI is InChI=1S/C39H23N3OS/c1-3-10-24(11-4-1)26-18-20-33-31(22-26)32-23-27(19-21-34(32)43-33)38-40-37(25-12-5-2-6-13-25)41-39(42-38)30-16-9-15-29-28-14-7-8-17-35(28)44-36(29)30/h1-23H/i1D,2D,3D,4D,5D,6D,7D,8D,9D,10D,11D,12D,13D,14D,15D,16D,17D,18D,19D,20D,21D,22D,23D. The van der Waals surface area contributed by atoms with Gasteiger partial charge >= 0.3 is 0 Å². The van der Waals surface area contributed by atoms with Crippen LogP contribution in [0.1, 0.15) is 31.5 Å². The van der Waals surface area contributed by atoms with Gasteiger partial charge in [-0.1, -0.05) is 96.7 Å². The zero-order chi connectivity index (χ0) is 49.1. The summed E-state index contributed by atoms with van der Waals surface area (Å²) in [4.78, 5) is 13.2. The minimum atomic E-state index is -0.847. The van der Waals surface area contributed by atoms with E-state index in [1.54, 1.807) is 0 Å². The van der Waals surface area contributed by atoms with Crippen LogP contribution in [0.5, 0.6) is 0 Å². The number of furan rings is 1. The SMILES string of the molecule is [2H]c1c([2H])c([2H])c(-c2nc(-c3c([2H])c([2H])c4oc5c([2H])c([2H])c(-c6c([2H])c([2H])c([2H])c([2H])c6[2H])c([2H])c5c4c3[2H])nc(-c3c([2H])c([2H])c([2H])c4c3sc3c([2H])c([2H])c([2H])c([2H])c34)n2)c([2H])c1[2H]. The van der Waals surface area contributed by atoms with Crippen LogP contribution in [0.4, 0.5) is 0 Å². The van der Waals surface area contributed by atoms with Crippen molar-refractivity contribution in [3.63, 3.8) is 0 Å². The van der Waals surface area contributed by atoms with E-state index in [2.05, 4.69) is 15.0 Å². The van der Waals surface area contributed by atoms with Crippen molar-refractivity contribution < 1.29 is 35.9 Å². The summed E-state index contributed by atoms with van der Waals surface area (Å²) < 4.78 is 205. The third-order valence-electron chi connectivity index (χ3n) is 6.50. The van der Waals surface area contributed by atoms with Crippen LogP contribution in [0.2, 0.25) is 0 Å². The predicted octanol–water partition coefficient (Wildman–Crippen LogP) is 10.8. The number of aromatic nitrogens is 3. The van der Waals surface area contributed by atoms with Gasteiger partial charge in [0.1, 0.15) is 11.2 Å². The number of hydrogen-bond donors (Lipinski definition) is 0. The highest BCUT2D eigenvalue weighted by Gasteiger charge is 2.17. The van der Waals surface area contributed by atoms with Crippen LogP contribution in [0.25, 0.3) is 87.4 Å². The molecule has 206 valence electrons. The molecule has 9 aromatic rings. The molecule has 5 heteroatoms. The fourth-order valence-electron chi connectivity index (χ4n) is 4.57. The summed E-state index contributed by atoms with van der Waals surface area (Å²) in [7, 11) is 0. The summed E-state index contributed by atoms with van der Waals surface area (Å²) in [6.07, 6.45) is 0. The van der Waals surface area contributed by atoms with E-state index in [1.165, 1.54) is 0 Å². The highest BCUT2D eigenvalue weighted by Crippen LogP contribution is 2.40. The van der Waals surface area contributed by atoms with Gasteiger partial charge in [0.25, 0.3) is 0 Å². The lowest BCUT2D eigenvalue weighted by Gasteiger charge is -2.09. The molecule has 0 aliphatic carbocycles. The molecular weight excluding hydrogens is 559 g/mol. The Balaban J connectivity index is 1.45. The Labute approximate surface area is 289 Å². The summed E-state index contributed by atoms with van der Waals surface area (Å²) in [5.41, 5.74) is -4.05. The minimum absolute atomic E-state index is 0.0716. The van der Waals surface area contributed by atoms with Crippen molar-refractivity contribution in [2.24, 2.45) is 0 Å². The molecule has 0 aliphatic heterocycles. The van der Waals surface area contributed by atoms with Gasteiger partial charge in [-0.25, -0.2) is 15.0 Å². The van der Waals surface area contributed by atoms with Gasteiger partial charge in [0.2, 0.25) is 0 Å². The summed E-state index contributed by atoms with van der Waals surface area (Å²) in [5.74, 6) is -2.07. The molecule has 44 heavy (non-hydrogen) atoms. The van der Waals surface area contributed by atoms with Crippen molar-refractivity contribution in [1.29, 1.82) is 0 Å². The molecule has 0 radical (unpaired) electrons. The molecule has 9 rings (SSSR count). The number of hydrogen-bond acceptors (Lipinski definition) is 5. The number of nitrogens with zero attached hydrogens (tertiary/aromatic N) is 3. The third kappa shape index (κ3) is 4.09. The normalized spacial score (nSPS) is 19.0. The van der Waals surface area contributed by atoms with Crippen LogP contribution in [-0.4, -0.2) is 15.0 Å². The quantitative estimate of drug-likeness (QED) is 0.200. The van der Waals surface area contributed by atoms with Crippen molar-refractivity contribution in [1.82, 2.24) is 15.0 Å². The smallest absolute Gasteiger partial charge is 0.165 e. The van der Waals surface area contributed by atoms with E-state index in [9.17, 15) is 4.11 Å². The van der Waals surface area contributed by atoms with Gasteiger partial charge in [-0.2, -0.15) is 0 Å². The van der Waals surface area contributed by atoms with Crippen molar-refractivity contribution in [2.75, 3.05) is 0 Å². The monoisotopic (exact) mass is 604 g/mol. The number of benzene rings is 6.